The minimum Gasteiger partial charge on any atom is -0.474 e. The molecule has 2 rings (SSSR count). The van der Waals surface area contributed by atoms with Crippen molar-refractivity contribution < 1.29 is 14.3 Å². The maximum Gasteiger partial charge on any atom is 0.255 e. The molecule has 1 aliphatic rings. The van der Waals surface area contributed by atoms with E-state index in [1.807, 2.05) is 11.8 Å². The van der Waals surface area contributed by atoms with Gasteiger partial charge in [-0.2, -0.15) is 0 Å². The summed E-state index contributed by atoms with van der Waals surface area (Å²) in [6, 6.07) is 3.59. The number of nitrogens with zero attached hydrogens (tertiary/aromatic N) is 2. The summed E-state index contributed by atoms with van der Waals surface area (Å²) < 4.78 is 11.1. The molecule has 1 aromatic rings. The van der Waals surface area contributed by atoms with E-state index < -0.39 is 0 Å². The number of hydrogen-bond acceptors (Lipinski definition) is 4. The molecule has 22 heavy (non-hydrogen) atoms. The standard InChI is InChI=1S/C17H26N2O3/c1-3-5-10-19(4-2)17(20)14-6-7-16(18-13-14)22-15-8-11-21-12-9-15/h6-7,13,15H,3-5,8-12H2,1-2H3. The second-order valence-electron chi connectivity index (χ2n) is 5.55. The number of pyridine rings is 1. The van der Waals surface area contributed by atoms with Crippen molar-refractivity contribution in [2.75, 3.05) is 26.3 Å². The zero-order valence-electron chi connectivity index (χ0n) is 13.6. The topological polar surface area (TPSA) is 51.7 Å². The predicted octanol–water partition coefficient (Wildman–Crippen LogP) is 2.90. The first-order chi connectivity index (χ1) is 10.7. The number of unbranched alkanes of at least 4 members (excludes halogenated alkanes) is 1. The molecule has 0 unspecified atom stereocenters. The number of hydrogen-bond donors (Lipinski definition) is 0. The minimum absolute atomic E-state index is 0.0427. The molecule has 2 heterocycles. The minimum atomic E-state index is 0.0427. The molecule has 1 saturated heterocycles. The third kappa shape index (κ3) is 4.70. The quantitative estimate of drug-likeness (QED) is 0.777. The van der Waals surface area contributed by atoms with E-state index in [4.69, 9.17) is 9.47 Å². The predicted molar refractivity (Wildman–Crippen MR) is 85.2 cm³/mol. The van der Waals surface area contributed by atoms with Gasteiger partial charge in [-0.3, -0.25) is 4.79 Å². The van der Waals surface area contributed by atoms with Gasteiger partial charge in [-0.05, 0) is 19.4 Å². The molecule has 0 N–H and O–H groups in total. The molecule has 0 atom stereocenters. The zero-order valence-corrected chi connectivity index (χ0v) is 13.6. The van der Waals surface area contributed by atoms with Crippen molar-refractivity contribution in [2.45, 2.75) is 45.6 Å². The molecule has 5 nitrogen and oxygen atoms in total. The number of carbonyl (C=O) groups excluding carboxylic acids is 1. The Morgan fingerprint density at radius 3 is 2.73 bits per heavy atom. The highest BCUT2D eigenvalue weighted by Crippen LogP contribution is 2.16. The molecule has 1 amide bonds. The molecule has 0 saturated carbocycles. The first-order valence-electron chi connectivity index (χ1n) is 8.24. The summed E-state index contributed by atoms with van der Waals surface area (Å²) in [5.74, 6) is 0.626. The van der Waals surface area contributed by atoms with E-state index in [0.29, 0.717) is 11.4 Å². The Morgan fingerprint density at radius 2 is 2.14 bits per heavy atom. The van der Waals surface area contributed by atoms with Crippen molar-refractivity contribution in [3.05, 3.63) is 23.9 Å². The van der Waals surface area contributed by atoms with Gasteiger partial charge in [-0.1, -0.05) is 13.3 Å². The van der Waals surface area contributed by atoms with Crippen LogP contribution in [-0.4, -0.2) is 48.2 Å². The average molecular weight is 306 g/mol. The van der Waals surface area contributed by atoms with Crippen LogP contribution in [-0.2, 0) is 4.74 Å². The average Bonchev–Trinajstić information content (AvgIpc) is 2.57. The van der Waals surface area contributed by atoms with Crippen LogP contribution in [0.4, 0.5) is 0 Å². The van der Waals surface area contributed by atoms with Crippen LogP contribution in [0.1, 0.15) is 49.9 Å². The summed E-state index contributed by atoms with van der Waals surface area (Å²) in [6.45, 7) is 7.13. The number of ether oxygens (including phenoxy) is 2. The molecule has 0 bridgehead atoms. The monoisotopic (exact) mass is 306 g/mol. The fourth-order valence-electron chi connectivity index (χ4n) is 2.48. The van der Waals surface area contributed by atoms with Crippen molar-refractivity contribution >= 4 is 5.91 Å². The first-order valence-corrected chi connectivity index (χ1v) is 8.24. The van der Waals surface area contributed by atoms with E-state index in [9.17, 15) is 4.79 Å². The van der Waals surface area contributed by atoms with E-state index in [0.717, 1.165) is 52.0 Å². The van der Waals surface area contributed by atoms with Crippen LogP contribution in [0, 0.1) is 0 Å². The Balaban J connectivity index is 1.93. The van der Waals surface area contributed by atoms with Gasteiger partial charge in [0.05, 0.1) is 18.8 Å². The Kier molecular flexibility index (Phi) is 6.65. The van der Waals surface area contributed by atoms with Crippen molar-refractivity contribution in [1.29, 1.82) is 0 Å². The summed E-state index contributed by atoms with van der Waals surface area (Å²) in [4.78, 5) is 18.6. The van der Waals surface area contributed by atoms with Gasteiger partial charge in [0.15, 0.2) is 0 Å². The molecule has 0 radical (unpaired) electrons. The molecule has 0 aromatic carbocycles. The normalized spacial score (nSPS) is 15.5. The van der Waals surface area contributed by atoms with Crippen molar-refractivity contribution in [2.24, 2.45) is 0 Å². The van der Waals surface area contributed by atoms with E-state index in [-0.39, 0.29) is 12.0 Å². The van der Waals surface area contributed by atoms with Gasteiger partial charge in [0.1, 0.15) is 6.10 Å². The smallest absolute Gasteiger partial charge is 0.255 e. The van der Waals surface area contributed by atoms with E-state index in [1.165, 1.54) is 0 Å². The highest BCUT2D eigenvalue weighted by molar-refractivity contribution is 5.93. The number of aromatic nitrogens is 1. The van der Waals surface area contributed by atoms with Crippen LogP contribution in [0.2, 0.25) is 0 Å². The third-order valence-corrected chi connectivity index (χ3v) is 3.89. The van der Waals surface area contributed by atoms with E-state index >= 15 is 0 Å². The lowest BCUT2D eigenvalue weighted by atomic mass is 10.1. The van der Waals surface area contributed by atoms with Gasteiger partial charge in [-0.25, -0.2) is 4.98 Å². The molecular weight excluding hydrogens is 280 g/mol. The summed E-state index contributed by atoms with van der Waals surface area (Å²) >= 11 is 0. The third-order valence-electron chi connectivity index (χ3n) is 3.89. The van der Waals surface area contributed by atoms with Crippen molar-refractivity contribution in [3.63, 3.8) is 0 Å². The number of amides is 1. The van der Waals surface area contributed by atoms with E-state index in [2.05, 4.69) is 11.9 Å². The van der Waals surface area contributed by atoms with Crippen LogP contribution in [0.15, 0.2) is 18.3 Å². The van der Waals surface area contributed by atoms with E-state index in [1.54, 1.807) is 18.3 Å². The molecule has 0 spiro atoms. The lowest BCUT2D eigenvalue weighted by Crippen LogP contribution is -2.31. The second kappa shape index (κ2) is 8.73. The highest BCUT2D eigenvalue weighted by Gasteiger charge is 2.17. The van der Waals surface area contributed by atoms with Crippen LogP contribution in [0.25, 0.3) is 0 Å². The van der Waals surface area contributed by atoms with Gasteiger partial charge < -0.3 is 14.4 Å². The van der Waals surface area contributed by atoms with Crippen LogP contribution in [0.5, 0.6) is 5.88 Å². The summed E-state index contributed by atoms with van der Waals surface area (Å²) in [5, 5.41) is 0. The zero-order chi connectivity index (χ0) is 15.8. The largest absolute Gasteiger partial charge is 0.474 e. The molecule has 1 aromatic heterocycles. The van der Waals surface area contributed by atoms with Crippen LogP contribution >= 0.6 is 0 Å². The molecule has 122 valence electrons. The van der Waals surface area contributed by atoms with Gasteiger partial charge in [-0.15, -0.1) is 0 Å². The van der Waals surface area contributed by atoms with Crippen molar-refractivity contribution in [3.8, 4) is 5.88 Å². The van der Waals surface area contributed by atoms with Crippen LogP contribution in [0.3, 0.4) is 0 Å². The Morgan fingerprint density at radius 1 is 1.36 bits per heavy atom. The Bertz CT molecular complexity index is 455. The van der Waals surface area contributed by atoms with Gasteiger partial charge in [0.2, 0.25) is 5.88 Å². The first kappa shape index (κ1) is 16.7. The van der Waals surface area contributed by atoms with Gasteiger partial charge in [0, 0.05) is 38.2 Å². The SMILES string of the molecule is CCCCN(CC)C(=O)c1ccc(OC2CCOCC2)nc1. The highest BCUT2D eigenvalue weighted by atomic mass is 16.5. The lowest BCUT2D eigenvalue weighted by molar-refractivity contribution is 0.0237. The maximum atomic E-state index is 12.4. The van der Waals surface area contributed by atoms with Crippen molar-refractivity contribution in [1.82, 2.24) is 9.88 Å². The van der Waals surface area contributed by atoms with Gasteiger partial charge in [0.25, 0.3) is 5.91 Å². The molecule has 1 fully saturated rings. The Labute approximate surface area is 132 Å². The lowest BCUT2D eigenvalue weighted by Gasteiger charge is -2.23. The number of rotatable bonds is 7. The molecule has 0 aliphatic carbocycles. The summed E-state index contributed by atoms with van der Waals surface area (Å²) in [6.07, 6.45) is 5.68. The molecule has 5 heteroatoms. The summed E-state index contributed by atoms with van der Waals surface area (Å²) in [5.41, 5.74) is 0.622. The van der Waals surface area contributed by atoms with Crippen LogP contribution < -0.4 is 4.74 Å². The fourth-order valence-corrected chi connectivity index (χ4v) is 2.48. The second-order valence-corrected chi connectivity index (χ2v) is 5.55. The Hall–Kier alpha value is -1.62. The number of carbonyl (C=O) groups is 1. The molecule has 1 aliphatic heterocycles. The summed E-state index contributed by atoms with van der Waals surface area (Å²) in [7, 11) is 0. The van der Waals surface area contributed by atoms with Gasteiger partial charge >= 0.3 is 0 Å². The maximum absolute atomic E-state index is 12.4. The fraction of sp³-hybridized carbons (Fsp3) is 0.647. The molecular formula is C17H26N2O3.